The van der Waals surface area contributed by atoms with Gasteiger partial charge in [0.05, 0.1) is 6.61 Å². The molecule has 8 nitrogen and oxygen atoms in total. The zero-order valence-corrected chi connectivity index (χ0v) is 19.2. The fraction of sp³-hybridized carbons (Fsp3) is 0.625. The third kappa shape index (κ3) is 5.00. The number of fused-ring (bicyclic) bond motifs is 3. The van der Waals surface area contributed by atoms with E-state index in [9.17, 15) is 25.1 Å². The van der Waals surface area contributed by atoms with E-state index in [0.717, 1.165) is 24.8 Å². The molecule has 0 fully saturated rings. The number of phenols is 1. The van der Waals surface area contributed by atoms with Gasteiger partial charge in [0.1, 0.15) is 17.1 Å². The van der Waals surface area contributed by atoms with Crippen LogP contribution in [0, 0.1) is 16.0 Å². The van der Waals surface area contributed by atoms with Gasteiger partial charge in [0.2, 0.25) is 0 Å². The van der Waals surface area contributed by atoms with Crippen molar-refractivity contribution in [1.82, 2.24) is 0 Å². The summed E-state index contributed by atoms with van der Waals surface area (Å²) in [5.41, 5.74) is 1.33. The van der Waals surface area contributed by atoms with E-state index in [0.29, 0.717) is 36.1 Å². The Labute approximate surface area is 188 Å². The van der Waals surface area contributed by atoms with E-state index < -0.39 is 16.7 Å². The molecule has 0 amide bonds. The summed E-state index contributed by atoms with van der Waals surface area (Å²) in [6.45, 7) is 8.35. The van der Waals surface area contributed by atoms with Gasteiger partial charge in [-0.1, -0.05) is 32.8 Å². The summed E-state index contributed by atoms with van der Waals surface area (Å²) in [4.78, 5) is 26.1. The van der Waals surface area contributed by atoms with E-state index in [-0.39, 0.29) is 29.6 Å². The number of nitrogens with zero attached hydrogens (tertiary/aromatic N) is 1. The second-order valence-electron chi connectivity index (χ2n) is 10.1. The third-order valence-corrected chi connectivity index (χ3v) is 7.00. The minimum atomic E-state index is -0.907. The predicted molar refractivity (Wildman–Crippen MR) is 118 cm³/mol. The number of carboxylic acid groups (broad SMARTS) is 1. The molecule has 176 valence electrons. The number of phenolic OH excluding ortho intramolecular Hbond substituents is 1. The van der Waals surface area contributed by atoms with Crippen LogP contribution in [0.5, 0.6) is 11.5 Å². The zero-order chi connectivity index (χ0) is 23.7. The van der Waals surface area contributed by atoms with Gasteiger partial charge in [-0.05, 0) is 62.6 Å². The standard InChI is InChI=1S/C24H33NO7/c1-23(2,10-6-5-7-11-31-25(29)30)16-13-19(26)21-17-12-15(22(27)28)8-9-18(17)24(3,4)32-20(21)14-16/h8,13-14,17-18,26H,5-7,9-12H2,1-4H3,(H,27,28)/t17-,18-/m1/s1. The Bertz CT molecular complexity index is 919. The first-order valence-electron chi connectivity index (χ1n) is 11.2. The minimum absolute atomic E-state index is 0.0873. The molecule has 0 bridgehead atoms. The quantitative estimate of drug-likeness (QED) is 0.306. The van der Waals surface area contributed by atoms with Crippen molar-refractivity contribution in [3.63, 3.8) is 0 Å². The highest BCUT2D eigenvalue weighted by molar-refractivity contribution is 5.87. The maximum atomic E-state index is 11.6. The number of aromatic hydroxyl groups is 1. The molecule has 0 unspecified atom stereocenters. The molecule has 0 aromatic heterocycles. The number of unbranched alkanes of at least 4 members (excludes halogenated alkanes) is 2. The maximum Gasteiger partial charge on any atom is 0.331 e. The molecule has 0 saturated heterocycles. The molecule has 0 spiro atoms. The Kier molecular flexibility index (Phi) is 6.72. The lowest BCUT2D eigenvalue weighted by Crippen LogP contribution is -2.46. The van der Waals surface area contributed by atoms with Crippen molar-refractivity contribution in [3.8, 4) is 11.5 Å². The van der Waals surface area contributed by atoms with Gasteiger partial charge in [-0.15, -0.1) is 10.1 Å². The number of benzene rings is 1. The molecular weight excluding hydrogens is 414 g/mol. The van der Waals surface area contributed by atoms with E-state index in [1.54, 1.807) is 12.1 Å². The van der Waals surface area contributed by atoms with Crippen LogP contribution in [-0.2, 0) is 15.0 Å². The number of ether oxygens (including phenoxy) is 1. The first-order valence-corrected chi connectivity index (χ1v) is 11.2. The monoisotopic (exact) mass is 447 g/mol. The molecule has 2 N–H and O–H groups in total. The summed E-state index contributed by atoms with van der Waals surface area (Å²) in [6.07, 6.45) is 5.90. The van der Waals surface area contributed by atoms with E-state index in [2.05, 4.69) is 18.7 Å². The van der Waals surface area contributed by atoms with Crippen molar-refractivity contribution in [2.24, 2.45) is 5.92 Å². The van der Waals surface area contributed by atoms with Gasteiger partial charge in [0, 0.05) is 23.0 Å². The van der Waals surface area contributed by atoms with Crippen LogP contribution in [-0.4, -0.2) is 33.5 Å². The summed E-state index contributed by atoms with van der Waals surface area (Å²) in [6, 6.07) is 3.77. The smallest absolute Gasteiger partial charge is 0.331 e. The Morgan fingerprint density at radius 1 is 1.31 bits per heavy atom. The Morgan fingerprint density at radius 3 is 2.69 bits per heavy atom. The fourth-order valence-electron chi connectivity index (χ4n) is 5.09. The molecule has 3 rings (SSSR count). The second-order valence-corrected chi connectivity index (χ2v) is 10.1. The predicted octanol–water partition coefficient (Wildman–Crippen LogP) is 5.11. The van der Waals surface area contributed by atoms with Gasteiger partial charge in [-0.3, -0.25) is 0 Å². The summed E-state index contributed by atoms with van der Waals surface area (Å²) in [5.74, 6) is -0.143. The first kappa shape index (κ1) is 23.9. The number of hydrogen-bond acceptors (Lipinski definition) is 6. The van der Waals surface area contributed by atoms with Crippen LogP contribution in [0.4, 0.5) is 0 Å². The normalized spacial score (nSPS) is 21.6. The van der Waals surface area contributed by atoms with Gasteiger partial charge in [-0.25, -0.2) is 4.79 Å². The van der Waals surface area contributed by atoms with Crippen LogP contribution in [0.3, 0.4) is 0 Å². The largest absolute Gasteiger partial charge is 0.508 e. The van der Waals surface area contributed by atoms with Crippen molar-refractivity contribution < 1.29 is 29.7 Å². The van der Waals surface area contributed by atoms with Crippen molar-refractivity contribution in [1.29, 1.82) is 0 Å². The van der Waals surface area contributed by atoms with Crippen molar-refractivity contribution in [2.45, 2.75) is 83.2 Å². The lowest BCUT2D eigenvalue weighted by molar-refractivity contribution is -0.757. The summed E-state index contributed by atoms with van der Waals surface area (Å²) < 4.78 is 6.36. The molecule has 2 atom stereocenters. The van der Waals surface area contributed by atoms with Gasteiger partial charge in [0.25, 0.3) is 5.09 Å². The summed E-state index contributed by atoms with van der Waals surface area (Å²) >= 11 is 0. The van der Waals surface area contributed by atoms with Gasteiger partial charge in [0.15, 0.2) is 0 Å². The summed E-state index contributed by atoms with van der Waals surface area (Å²) in [7, 11) is 0. The lowest BCUT2D eigenvalue weighted by Gasteiger charge is -2.47. The zero-order valence-electron chi connectivity index (χ0n) is 19.2. The second kappa shape index (κ2) is 9.00. The van der Waals surface area contributed by atoms with Crippen LogP contribution in [0.25, 0.3) is 0 Å². The molecule has 1 aliphatic heterocycles. The molecule has 2 aliphatic rings. The molecular formula is C24H33NO7. The third-order valence-electron chi connectivity index (χ3n) is 7.00. The number of allylic oxidation sites excluding steroid dienone is 1. The molecule has 0 saturated carbocycles. The molecule has 1 aromatic rings. The van der Waals surface area contributed by atoms with Gasteiger partial charge >= 0.3 is 5.97 Å². The number of aliphatic carboxylic acids is 1. The highest BCUT2D eigenvalue weighted by atomic mass is 16.9. The van der Waals surface area contributed by atoms with Crippen LogP contribution >= 0.6 is 0 Å². The molecule has 1 heterocycles. The SMILES string of the molecule is CC(C)(CCCCCO[N+](=O)[O-])c1cc(O)c2c(c1)OC(C)(C)[C@@H]1CC=C(C(=O)O)C[C@@H]21. The fourth-order valence-corrected chi connectivity index (χ4v) is 5.09. The van der Waals surface area contributed by atoms with E-state index >= 15 is 0 Å². The van der Waals surface area contributed by atoms with E-state index in [1.165, 1.54) is 0 Å². The maximum absolute atomic E-state index is 11.6. The average molecular weight is 448 g/mol. The molecule has 1 aliphatic carbocycles. The average Bonchev–Trinajstić information content (AvgIpc) is 2.69. The molecule has 32 heavy (non-hydrogen) atoms. The van der Waals surface area contributed by atoms with Crippen LogP contribution < -0.4 is 4.74 Å². The highest BCUT2D eigenvalue weighted by Crippen LogP contribution is 2.55. The van der Waals surface area contributed by atoms with Crippen molar-refractivity contribution in [2.75, 3.05) is 6.61 Å². The molecule has 8 heteroatoms. The van der Waals surface area contributed by atoms with Gasteiger partial charge in [-0.2, -0.15) is 0 Å². The first-order chi connectivity index (χ1) is 14.9. The number of carbonyl (C=O) groups is 1. The Hall–Kier alpha value is -2.77. The number of rotatable bonds is 9. The number of carboxylic acids is 1. The van der Waals surface area contributed by atoms with Crippen LogP contribution in [0.2, 0.25) is 0 Å². The number of hydrogen-bond donors (Lipinski definition) is 2. The van der Waals surface area contributed by atoms with Crippen LogP contribution in [0.1, 0.15) is 83.3 Å². The lowest BCUT2D eigenvalue weighted by atomic mass is 9.66. The van der Waals surface area contributed by atoms with Crippen LogP contribution in [0.15, 0.2) is 23.8 Å². The van der Waals surface area contributed by atoms with Crippen molar-refractivity contribution in [3.05, 3.63) is 45.0 Å². The molecule has 0 radical (unpaired) electrons. The van der Waals surface area contributed by atoms with Crippen molar-refractivity contribution >= 4 is 5.97 Å². The van der Waals surface area contributed by atoms with E-state index in [4.69, 9.17) is 4.74 Å². The molecule has 1 aromatic carbocycles. The highest BCUT2D eigenvalue weighted by Gasteiger charge is 2.47. The van der Waals surface area contributed by atoms with E-state index in [1.807, 2.05) is 19.9 Å². The van der Waals surface area contributed by atoms with Gasteiger partial charge < -0.3 is 19.8 Å². The summed E-state index contributed by atoms with van der Waals surface area (Å²) in [5, 5.41) is 29.9. The Morgan fingerprint density at radius 2 is 2.03 bits per heavy atom. The minimum Gasteiger partial charge on any atom is -0.508 e. The topological polar surface area (TPSA) is 119 Å². The Balaban J connectivity index is 1.80.